The lowest BCUT2D eigenvalue weighted by Crippen LogP contribution is -2.17. The first kappa shape index (κ1) is 43.2. The Kier molecular flexibility index (Phi) is 11.0. The Hall–Kier alpha value is -7.04. The van der Waals surface area contributed by atoms with E-state index in [4.69, 9.17) is 9.97 Å². The molecule has 0 fully saturated rings. The van der Waals surface area contributed by atoms with Crippen LogP contribution >= 0.6 is 0 Å². The summed E-state index contributed by atoms with van der Waals surface area (Å²) in [5, 5.41) is 12.6. The van der Waals surface area contributed by atoms with E-state index in [0.29, 0.717) is 11.4 Å². The maximum atomic E-state index is 12.6. The van der Waals surface area contributed by atoms with E-state index in [9.17, 15) is 5.11 Å². The van der Waals surface area contributed by atoms with Crippen LogP contribution in [0.2, 0.25) is 0 Å². The number of nitrogens with zero attached hydrogens (tertiary/aromatic N) is 3. The van der Waals surface area contributed by atoms with E-state index >= 15 is 0 Å². The van der Waals surface area contributed by atoms with Crippen molar-refractivity contribution in [2.45, 2.75) is 85.5 Å². The maximum Gasteiger partial charge on any atom is 0.149 e. The second kappa shape index (κ2) is 16.5. The van der Waals surface area contributed by atoms with Crippen molar-refractivity contribution in [1.82, 2.24) is 14.5 Å². The van der Waals surface area contributed by atoms with Crippen LogP contribution in [-0.4, -0.2) is 19.6 Å². The Bertz CT molecular complexity index is 3190. The molecule has 0 spiro atoms. The molecule has 65 heavy (non-hydrogen) atoms. The Morgan fingerprint density at radius 1 is 0.446 bits per heavy atom. The molecule has 0 radical (unpaired) electrons. The molecule has 7 aromatic carbocycles. The number of fused-ring (bicyclic) bond motifs is 1. The third-order valence-corrected chi connectivity index (χ3v) is 12.7. The smallest absolute Gasteiger partial charge is 0.149 e. The minimum absolute atomic E-state index is 0.0774. The van der Waals surface area contributed by atoms with Gasteiger partial charge in [-0.25, -0.2) is 4.98 Å². The van der Waals surface area contributed by atoms with Gasteiger partial charge in [0, 0.05) is 28.5 Å². The molecule has 4 heteroatoms. The summed E-state index contributed by atoms with van der Waals surface area (Å²) in [6.07, 6.45) is 1.91. The van der Waals surface area contributed by atoms with Gasteiger partial charge in [0.1, 0.15) is 11.6 Å². The molecule has 0 aliphatic rings. The van der Waals surface area contributed by atoms with E-state index in [1.54, 1.807) is 0 Å². The third-order valence-electron chi connectivity index (χ3n) is 12.7. The molecule has 2 heterocycles. The Morgan fingerprint density at radius 3 is 1.72 bits per heavy atom. The number of aromatic nitrogens is 3. The minimum atomic E-state index is -0.329. The van der Waals surface area contributed by atoms with Crippen molar-refractivity contribution >= 4 is 11.0 Å². The summed E-state index contributed by atoms with van der Waals surface area (Å²) in [7, 11) is 0. The number of para-hydroxylation sites is 1. The largest absolute Gasteiger partial charge is 0.507 e. The molecule has 2 aromatic heterocycles. The highest BCUT2D eigenvalue weighted by atomic mass is 16.3. The molecule has 1 N–H and O–H groups in total. The Morgan fingerprint density at radius 2 is 1.06 bits per heavy atom. The van der Waals surface area contributed by atoms with Gasteiger partial charge >= 0.3 is 0 Å². The Labute approximate surface area is 385 Å². The number of phenolic OH excluding ortho intramolecular Hbond substituents is 1. The van der Waals surface area contributed by atoms with Crippen LogP contribution in [0.25, 0.3) is 83.9 Å². The van der Waals surface area contributed by atoms with Crippen LogP contribution in [0.5, 0.6) is 5.75 Å². The summed E-state index contributed by atoms with van der Waals surface area (Å²) in [5.74, 6) is 0.943. The zero-order valence-electron chi connectivity index (χ0n) is 39.5. The molecule has 0 aliphatic heterocycles. The van der Waals surface area contributed by atoms with Gasteiger partial charge in [-0.2, -0.15) is 0 Å². The first-order valence-corrected chi connectivity index (χ1v) is 22.8. The number of phenols is 1. The van der Waals surface area contributed by atoms with Crippen LogP contribution in [0.1, 0.15) is 84.6 Å². The molecule has 9 aromatic rings. The first-order valence-electron chi connectivity index (χ1n) is 22.8. The average Bonchev–Trinajstić information content (AvgIpc) is 3.68. The molecule has 0 atom stereocenters. The predicted octanol–water partition coefficient (Wildman–Crippen LogP) is 16.3. The van der Waals surface area contributed by atoms with Crippen LogP contribution < -0.4 is 0 Å². The molecule has 9 rings (SSSR count). The first-order chi connectivity index (χ1) is 30.9. The number of aromatic hydroxyl groups is 1. The Balaban J connectivity index is 1.36. The van der Waals surface area contributed by atoms with Gasteiger partial charge in [0.05, 0.1) is 28.0 Å². The highest BCUT2D eigenvalue weighted by molar-refractivity contribution is 5.98. The van der Waals surface area contributed by atoms with Gasteiger partial charge in [-0.05, 0) is 122 Å². The molecule has 324 valence electrons. The quantitative estimate of drug-likeness (QED) is 0.174. The summed E-state index contributed by atoms with van der Waals surface area (Å²) in [5.41, 5.74) is 18.0. The van der Waals surface area contributed by atoms with Crippen LogP contribution in [-0.2, 0) is 16.2 Å². The molecular formula is C61H59N3O. The standard InChI is InChI=1S/C61H59N3O/c1-39-24-26-41(27-25-39)43-30-31-62-53(35-43)46-33-44(40-18-13-11-14-19-40)32-45(34-46)49-22-17-23-55-56(49)63-58(51-37-48(60(5,6)7)38-52(57(51)65)61(8,9)10)64(55)54-29-28-47(59(2,3)4)36-50(54)42-20-15-12-16-21-42/h11-38,65H,1-10H3. The highest BCUT2D eigenvalue weighted by Crippen LogP contribution is 2.46. The summed E-state index contributed by atoms with van der Waals surface area (Å²) in [6.45, 7) is 22.1. The highest BCUT2D eigenvalue weighted by Gasteiger charge is 2.30. The van der Waals surface area contributed by atoms with E-state index in [2.05, 4.69) is 238 Å². The van der Waals surface area contributed by atoms with Crippen molar-refractivity contribution in [3.63, 3.8) is 0 Å². The zero-order chi connectivity index (χ0) is 45.8. The normalized spacial score (nSPS) is 12.2. The average molecular weight is 850 g/mol. The summed E-state index contributed by atoms with van der Waals surface area (Å²) >= 11 is 0. The molecule has 0 amide bonds. The van der Waals surface area contributed by atoms with Gasteiger partial charge < -0.3 is 5.11 Å². The number of benzene rings is 7. The molecule has 0 aliphatic carbocycles. The third kappa shape index (κ3) is 8.54. The zero-order valence-corrected chi connectivity index (χ0v) is 39.5. The van der Waals surface area contributed by atoms with Gasteiger partial charge in [0.15, 0.2) is 0 Å². The lowest BCUT2D eigenvalue weighted by atomic mass is 9.79. The molecule has 0 unspecified atom stereocenters. The fourth-order valence-electron chi connectivity index (χ4n) is 8.86. The molecule has 0 bridgehead atoms. The van der Waals surface area contributed by atoms with Gasteiger partial charge in [-0.1, -0.05) is 177 Å². The van der Waals surface area contributed by atoms with Crippen molar-refractivity contribution in [1.29, 1.82) is 0 Å². The molecule has 0 saturated carbocycles. The van der Waals surface area contributed by atoms with Crippen molar-refractivity contribution in [3.05, 3.63) is 192 Å². The van der Waals surface area contributed by atoms with Crippen molar-refractivity contribution < 1.29 is 5.11 Å². The second-order valence-corrected chi connectivity index (χ2v) is 20.7. The van der Waals surface area contributed by atoms with Crippen LogP contribution in [0.4, 0.5) is 0 Å². The molecular weight excluding hydrogens is 791 g/mol. The molecule has 4 nitrogen and oxygen atoms in total. The lowest BCUT2D eigenvalue weighted by Gasteiger charge is -2.28. The number of hydrogen-bond acceptors (Lipinski definition) is 3. The summed E-state index contributed by atoms with van der Waals surface area (Å²) in [6, 6.07) is 58.6. The predicted molar refractivity (Wildman–Crippen MR) is 274 cm³/mol. The fraction of sp³-hybridized carbons (Fsp3) is 0.213. The van der Waals surface area contributed by atoms with E-state index < -0.39 is 0 Å². The minimum Gasteiger partial charge on any atom is -0.507 e. The van der Waals surface area contributed by atoms with Crippen LogP contribution in [0, 0.1) is 6.92 Å². The maximum absolute atomic E-state index is 12.6. The number of pyridine rings is 1. The van der Waals surface area contributed by atoms with Crippen molar-refractivity contribution in [2.75, 3.05) is 0 Å². The number of rotatable bonds is 7. The van der Waals surface area contributed by atoms with Gasteiger partial charge in [-0.3, -0.25) is 9.55 Å². The van der Waals surface area contributed by atoms with Gasteiger partial charge in [-0.15, -0.1) is 0 Å². The number of hydrogen-bond donors (Lipinski definition) is 1. The van der Waals surface area contributed by atoms with Gasteiger partial charge in [0.25, 0.3) is 0 Å². The van der Waals surface area contributed by atoms with Crippen LogP contribution in [0.3, 0.4) is 0 Å². The van der Waals surface area contributed by atoms with E-state index in [1.165, 1.54) is 11.1 Å². The van der Waals surface area contributed by atoms with E-state index in [1.807, 2.05) is 6.20 Å². The number of imidazole rings is 1. The van der Waals surface area contributed by atoms with Gasteiger partial charge in [0.2, 0.25) is 0 Å². The van der Waals surface area contributed by atoms with E-state index in [-0.39, 0.29) is 22.0 Å². The second-order valence-electron chi connectivity index (χ2n) is 20.7. The SMILES string of the molecule is Cc1ccc(-c2ccnc(-c3cc(-c4ccccc4)cc(-c4cccc5c4nc(-c4cc(C(C)(C)C)cc(C(C)(C)C)c4O)n5-c4ccc(C(C)(C)C)cc4-c4ccccc4)c3)c2)cc1. The fourth-order valence-corrected chi connectivity index (χ4v) is 8.86. The number of aryl methyl sites for hydroxylation is 1. The van der Waals surface area contributed by atoms with Crippen molar-refractivity contribution in [3.8, 4) is 78.6 Å². The van der Waals surface area contributed by atoms with E-state index in [0.717, 1.165) is 83.6 Å². The monoisotopic (exact) mass is 849 g/mol. The lowest BCUT2D eigenvalue weighted by molar-refractivity contribution is 0.446. The van der Waals surface area contributed by atoms with Crippen molar-refractivity contribution in [2.24, 2.45) is 0 Å². The summed E-state index contributed by atoms with van der Waals surface area (Å²) in [4.78, 5) is 10.7. The topological polar surface area (TPSA) is 50.9 Å². The molecule has 0 saturated heterocycles. The summed E-state index contributed by atoms with van der Waals surface area (Å²) < 4.78 is 2.29. The van der Waals surface area contributed by atoms with Crippen LogP contribution in [0.15, 0.2) is 170 Å².